The van der Waals surface area contributed by atoms with Crippen LogP contribution in [0.25, 0.3) is 17.2 Å². The van der Waals surface area contributed by atoms with E-state index in [1.54, 1.807) is 13.2 Å². The first-order valence-corrected chi connectivity index (χ1v) is 5.51. The third-order valence-electron chi connectivity index (χ3n) is 2.75. The number of ether oxygens (including phenoxy) is 1. The summed E-state index contributed by atoms with van der Waals surface area (Å²) in [7, 11) is 1.57. The Morgan fingerprint density at radius 1 is 1.42 bits per heavy atom. The first kappa shape index (κ1) is 11.3. The molecule has 2 heterocycles. The number of carboxylic acid groups (broad SMARTS) is 1. The highest BCUT2D eigenvalue weighted by molar-refractivity contribution is 5.86. The van der Waals surface area contributed by atoms with E-state index in [4.69, 9.17) is 9.84 Å². The Morgan fingerprint density at radius 3 is 2.95 bits per heavy atom. The highest BCUT2D eigenvalue weighted by atomic mass is 16.5. The molecule has 0 radical (unpaired) electrons. The van der Waals surface area contributed by atoms with Crippen molar-refractivity contribution >= 4 is 11.7 Å². The summed E-state index contributed by atoms with van der Waals surface area (Å²) in [5.41, 5.74) is 0.774. The van der Waals surface area contributed by atoms with Gasteiger partial charge in [0, 0.05) is 0 Å². The fraction of sp³-hybridized carbons (Fsp3) is 0.0833. The smallest absolute Gasteiger partial charge is 0.356 e. The van der Waals surface area contributed by atoms with Gasteiger partial charge in [0.1, 0.15) is 5.75 Å². The number of H-pyrrole nitrogens is 1. The molecule has 19 heavy (non-hydrogen) atoms. The number of aromatic carboxylic acids is 1. The lowest BCUT2D eigenvalue weighted by atomic mass is 10.2. The maximum Gasteiger partial charge on any atom is 0.356 e. The molecule has 2 N–H and O–H groups in total. The number of rotatable bonds is 3. The summed E-state index contributed by atoms with van der Waals surface area (Å²) in [6, 6.07) is 7.33. The zero-order valence-corrected chi connectivity index (χ0v) is 9.99. The van der Waals surface area contributed by atoms with Crippen molar-refractivity contribution in [2.75, 3.05) is 7.11 Å². The van der Waals surface area contributed by atoms with Gasteiger partial charge >= 0.3 is 5.97 Å². The number of hydrogen-bond donors (Lipinski definition) is 2. The average Bonchev–Trinajstić information content (AvgIpc) is 2.97. The lowest BCUT2D eigenvalue weighted by Gasteiger charge is -2.04. The van der Waals surface area contributed by atoms with E-state index in [0.717, 1.165) is 5.56 Å². The van der Waals surface area contributed by atoms with E-state index in [9.17, 15) is 4.79 Å². The molecule has 0 aliphatic heterocycles. The monoisotopic (exact) mass is 258 g/mol. The molecule has 0 spiro atoms. The van der Waals surface area contributed by atoms with Gasteiger partial charge in [0.2, 0.25) is 0 Å². The molecule has 3 rings (SSSR count). The number of para-hydroxylation sites is 1. The lowest BCUT2D eigenvalue weighted by Crippen LogP contribution is -2.02. The van der Waals surface area contributed by atoms with Crippen LogP contribution >= 0.6 is 0 Å². The normalized spacial score (nSPS) is 10.8. The van der Waals surface area contributed by atoms with Crippen molar-refractivity contribution in [1.29, 1.82) is 0 Å². The molecule has 3 aromatic rings. The molecule has 7 nitrogen and oxygen atoms in total. The number of hydrogen-bond acceptors (Lipinski definition) is 4. The van der Waals surface area contributed by atoms with Crippen molar-refractivity contribution in [3.8, 4) is 17.1 Å². The number of benzene rings is 1. The minimum absolute atomic E-state index is 0.0312. The lowest BCUT2D eigenvalue weighted by molar-refractivity contribution is 0.0688. The van der Waals surface area contributed by atoms with Crippen molar-refractivity contribution in [3.05, 3.63) is 36.2 Å². The Bertz CT molecular complexity index is 759. The summed E-state index contributed by atoms with van der Waals surface area (Å²) in [6.45, 7) is 0. The predicted molar refractivity (Wildman–Crippen MR) is 66.3 cm³/mol. The third kappa shape index (κ3) is 1.71. The Balaban J connectivity index is 2.18. The van der Waals surface area contributed by atoms with Crippen molar-refractivity contribution in [3.63, 3.8) is 0 Å². The molecule has 96 valence electrons. The Labute approximate surface area is 107 Å². The highest BCUT2D eigenvalue weighted by Crippen LogP contribution is 2.27. The minimum atomic E-state index is -1.07. The fourth-order valence-electron chi connectivity index (χ4n) is 1.87. The van der Waals surface area contributed by atoms with Crippen molar-refractivity contribution in [1.82, 2.24) is 19.6 Å². The molecule has 7 heteroatoms. The largest absolute Gasteiger partial charge is 0.496 e. The van der Waals surface area contributed by atoms with Gasteiger partial charge in [-0.25, -0.2) is 14.3 Å². The van der Waals surface area contributed by atoms with Crippen LogP contribution in [0.1, 0.15) is 10.5 Å². The average molecular weight is 258 g/mol. The van der Waals surface area contributed by atoms with Crippen LogP contribution in [0.15, 0.2) is 30.5 Å². The summed E-state index contributed by atoms with van der Waals surface area (Å²) in [5.74, 6) is 0.389. The van der Waals surface area contributed by atoms with Gasteiger partial charge in [-0.1, -0.05) is 12.1 Å². The van der Waals surface area contributed by atoms with Gasteiger partial charge in [-0.15, -0.1) is 0 Å². The zero-order valence-electron chi connectivity index (χ0n) is 9.99. The quantitative estimate of drug-likeness (QED) is 0.741. The standard InChI is InChI=1S/C12H10N4O3/c1-19-9-5-3-2-4-7(9)10-14-12-13-6-8(11(17)18)16(12)15-10/h2-6H,1H3,(H,17,18)(H,13,14,15). The summed E-state index contributed by atoms with van der Waals surface area (Å²) in [4.78, 5) is 19.2. The molecular weight excluding hydrogens is 248 g/mol. The van der Waals surface area contributed by atoms with E-state index in [1.165, 1.54) is 10.7 Å². The number of methoxy groups -OCH3 is 1. The number of fused-ring (bicyclic) bond motifs is 1. The number of aromatic amines is 1. The molecule has 0 saturated heterocycles. The van der Waals surface area contributed by atoms with Crippen LogP contribution in [0.2, 0.25) is 0 Å². The second kappa shape index (κ2) is 4.13. The minimum Gasteiger partial charge on any atom is -0.496 e. The zero-order chi connectivity index (χ0) is 13.4. The van der Waals surface area contributed by atoms with Gasteiger partial charge in [-0.3, -0.25) is 5.10 Å². The van der Waals surface area contributed by atoms with Gasteiger partial charge < -0.3 is 9.84 Å². The predicted octanol–water partition coefficient (Wildman–Crippen LogP) is 1.43. The van der Waals surface area contributed by atoms with Crippen LogP contribution < -0.4 is 4.74 Å². The molecular formula is C12H10N4O3. The van der Waals surface area contributed by atoms with E-state index in [1.807, 2.05) is 18.2 Å². The van der Waals surface area contributed by atoms with Gasteiger partial charge in [-0.2, -0.15) is 4.98 Å². The molecule has 0 fully saturated rings. The number of carboxylic acids is 1. The second-order valence-corrected chi connectivity index (χ2v) is 3.86. The molecule has 0 aliphatic rings. The first-order chi connectivity index (χ1) is 9.20. The number of aromatic nitrogens is 4. The highest BCUT2D eigenvalue weighted by Gasteiger charge is 2.16. The van der Waals surface area contributed by atoms with Crippen LogP contribution in [-0.2, 0) is 0 Å². The molecule has 0 unspecified atom stereocenters. The number of carbonyl (C=O) groups is 1. The second-order valence-electron chi connectivity index (χ2n) is 3.86. The van der Waals surface area contributed by atoms with E-state index < -0.39 is 5.97 Å². The Hall–Kier alpha value is -2.83. The summed E-state index contributed by atoms with van der Waals surface area (Å²) in [6.07, 6.45) is 1.26. The molecule has 0 amide bonds. The SMILES string of the molecule is COc1ccccc1-c1nc2ncc(C(=O)O)n2[nH]1. The number of nitrogens with one attached hydrogen (secondary N) is 1. The molecule has 2 aromatic heterocycles. The molecule has 0 saturated carbocycles. The summed E-state index contributed by atoms with van der Waals surface area (Å²) >= 11 is 0. The maximum atomic E-state index is 11.0. The Kier molecular flexibility index (Phi) is 2.45. The third-order valence-corrected chi connectivity index (χ3v) is 2.75. The topological polar surface area (TPSA) is 92.5 Å². The molecule has 0 aliphatic carbocycles. The van der Waals surface area contributed by atoms with E-state index >= 15 is 0 Å². The summed E-state index contributed by atoms with van der Waals surface area (Å²) < 4.78 is 6.57. The Morgan fingerprint density at radius 2 is 2.21 bits per heavy atom. The van der Waals surface area contributed by atoms with Crippen LogP contribution in [0, 0.1) is 0 Å². The van der Waals surface area contributed by atoms with Gasteiger partial charge in [0.15, 0.2) is 11.5 Å². The van der Waals surface area contributed by atoms with Gasteiger partial charge in [0.25, 0.3) is 5.78 Å². The maximum absolute atomic E-state index is 11.0. The van der Waals surface area contributed by atoms with Crippen molar-refractivity contribution in [2.45, 2.75) is 0 Å². The van der Waals surface area contributed by atoms with Gasteiger partial charge in [-0.05, 0) is 12.1 Å². The van der Waals surface area contributed by atoms with E-state index in [2.05, 4.69) is 15.1 Å². The van der Waals surface area contributed by atoms with Crippen LogP contribution in [0.3, 0.4) is 0 Å². The van der Waals surface area contributed by atoms with Crippen LogP contribution in [-0.4, -0.2) is 37.8 Å². The van der Waals surface area contributed by atoms with E-state index in [-0.39, 0.29) is 5.69 Å². The van der Waals surface area contributed by atoms with Crippen molar-refractivity contribution < 1.29 is 14.6 Å². The van der Waals surface area contributed by atoms with Crippen molar-refractivity contribution in [2.24, 2.45) is 0 Å². The van der Waals surface area contributed by atoms with E-state index in [0.29, 0.717) is 17.4 Å². The first-order valence-electron chi connectivity index (χ1n) is 5.51. The molecule has 0 bridgehead atoms. The van der Waals surface area contributed by atoms with Crippen LogP contribution in [0.4, 0.5) is 0 Å². The van der Waals surface area contributed by atoms with Crippen LogP contribution in [0.5, 0.6) is 5.75 Å². The number of imidazole rings is 1. The molecule has 0 atom stereocenters. The number of nitrogens with zero attached hydrogens (tertiary/aromatic N) is 3. The summed E-state index contributed by atoms with van der Waals surface area (Å²) in [5, 5.41) is 11.9. The molecule has 1 aromatic carbocycles. The van der Waals surface area contributed by atoms with Gasteiger partial charge in [0.05, 0.1) is 18.9 Å². The fourth-order valence-corrected chi connectivity index (χ4v) is 1.87.